The molecule has 1 atom stereocenters. The van der Waals surface area contributed by atoms with Crippen molar-refractivity contribution in [2.24, 2.45) is 0 Å². The second-order valence-corrected chi connectivity index (χ2v) is 7.12. The van der Waals surface area contributed by atoms with Crippen LogP contribution in [-0.2, 0) is 4.79 Å². The number of rotatable bonds is 7. The van der Waals surface area contributed by atoms with E-state index in [1.165, 1.54) is 18.2 Å². The van der Waals surface area contributed by atoms with Gasteiger partial charge in [0.2, 0.25) is 5.91 Å². The maximum Gasteiger partial charge on any atom is 0.294 e. The van der Waals surface area contributed by atoms with Crippen LogP contribution in [0.15, 0.2) is 66.0 Å². The van der Waals surface area contributed by atoms with Crippen LogP contribution >= 0.6 is 22.9 Å². The number of nitrogens with zero attached hydrogens (tertiary/aromatic N) is 1. The van der Waals surface area contributed by atoms with Crippen LogP contribution in [0.5, 0.6) is 0 Å². The van der Waals surface area contributed by atoms with E-state index in [9.17, 15) is 14.9 Å². The summed E-state index contributed by atoms with van der Waals surface area (Å²) in [5.41, 5.74) is 0.905. The number of thiophene rings is 1. The molecule has 3 rings (SSSR count). The van der Waals surface area contributed by atoms with Gasteiger partial charge >= 0.3 is 0 Å². The number of halogens is 1. The van der Waals surface area contributed by atoms with Gasteiger partial charge in [-0.15, -0.1) is 11.3 Å². The van der Waals surface area contributed by atoms with E-state index in [0.717, 1.165) is 10.4 Å². The number of carbonyl (C=O) groups is 1. The first-order chi connectivity index (χ1) is 13.0. The molecular weight excluding hydrogens is 386 g/mol. The van der Waals surface area contributed by atoms with Gasteiger partial charge in [-0.25, -0.2) is 0 Å². The Bertz CT molecular complexity index is 933. The summed E-state index contributed by atoms with van der Waals surface area (Å²) in [6.45, 7) is -0.00274. The minimum absolute atomic E-state index is 0.00274. The molecule has 2 aromatic carbocycles. The molecule has 0 aliphatic carbocycles. The number of anilines is 1. The molecule has 3 aromatic rings. The van der Waals surface area contributed by atoms with Gasteiger partial charge in [0, 0.05) is 16.0 Å². The van der Waals surface area contributed by atoms with Crippen molar-refractivity contribution in [2.75, 3.05) is 11.9 Å². The first-order valence-corrected chi connectivity index (χ1v) is 9.36. The number of benzene rings is 2. The van der Waals surface area contributed by atoms with Gasteiger partial charge in [-0.3, -0.25) is 20.2 Å². The van der Waals surface area contributed by atoms with Crippen molar-refractivity contribution in [2.45, 2.75) is 6.04 Å². The Morgan fingerprint density at radius 1 is 1.15 bits per heavy atom. The molecule has 8 heteroatoms. The van der Waals surface area contributed by atoms with Gasteiger partial charge in [0.1, 0.15) is 5.69 Å². The molecule has 1 aromatic heterocycles. The predicted molar refractivity (Wildman–Crippen MR) is 107 cm³/mol. The van der Waals surface area contributed by atoms with Gasteiger partial charge in [-0.2, -0.15) is 0 Å². The van der Waals surface area contributed by atoms with Gasteiger partial charge < -0.3 is 5.32 Å². The minimum Gasteiger partial charge on any atom is -0.319 e. The molecule has 0 bridgehead atoms. The topological polar surface area (TPSA) is 84.3 Å². The normalized spacial score (nSPS) is 11.7. The molecule has 0 radical (unpaired) electrons. The number of hydrogen-bond donors (Lipinski definition) is 2. The van der Waals surface area contributed by atoms with E-state index in [4.69, 9.17) is 11.6 Å². The number of carbonyl (C=O) groups excluding carboxylic acids is 1. The molecular formula is C19H16ClN3O3S. The smallest absolute Gasteiger partial charge is 0.294 e. The summed E-state index contributed by atoms with van der Waals surface area (Å²) in [7, 11) is 0. The van der Waals surface area contributed by atoms with Gasteiger partial charge in [0.25, 0.3) is 5.69 Å². The summed E-state index contributed by atoms with van der Waals surface area (Å²) in [5.74, 6) is -0.377. The number of nitrogens with one attached hydrogen (secondary N) is 2. The third kappa shape index (κ3) is 4.91. The highest BCUT2D eigenvalue weighted by Gasteiger charge is 2.19. The van der Waals surface area contributed by atoms with Crippen LogP contribution < -0.4 is 10.6 Å². The average molecular weight is 402 g/mol. The van der Waals surface area contributed by atoms with Crippen molar-refractivity contribution in [3.63, 3.8) is 0 Å². The van der Waals surface area contributed by atoms with E-state index in [1.54, 1.807) is 11.3 Å². The molecule has 27 heavy (non-hydrogen) atoms. The lowest BCUT2D eigenvalue weighted by atomic mass is 10.1. The van der Waals surface area contributed by atoms with Crippen molar-refractivity contribution in [3.8, 4) is 0 Å². The molecule has 1 heterocycles. The van der Waals surface area contributed by atoms with Gasteiger partial charge in [-0.05, 0) is 29.1 Å². The molecule has 138 valence electrons. The summed E-state index contributed by atoms with van der Waals surface area (Å²) in [6, 6.07) is 17.7. The first kappa shape index (κ1) is 19.0. The van der Waals surface area contributed by atoms with Gasteiger partial charge in [0.15, 0.2) is 0 Å². The van der Waals surface area contributed by atoms with Gasteiger partial charge in [0.05, 0.1) is 17.5 Å². The molecule has 0 fully saturated rings. The fraction of sp³-hybridized carbons (Fsp3) is 0.105. The Morgan fingerprint density at radius 3 is 2.59 bits per heavy atom. The zero-order chi connectivity index (χ0) is 19.2. The highest BCUT2D eigenvalue weighted by Crippen LogP contribution is 2.28. The third-order valence-electron chi connectivity index (χ3n) is 3.86. The SMILES string of the molecule is O=C(CN[C@@H](c1ccccc1)c1cccs1)Nc1ccc(Cl)cc1[N+](=O)[O-]. The molecule has 0 aliphatic heterocycles. The van der Waals surface area contributed by atoms with E-state index in [2.05, 4.69) is 10.6 Å². The van der Waals surface area contributed by atoms with Crippen molar-refractivity contribution in [1.82, 2.24) is 5.32 Å². The monoisotopic (exact) mass is 401 g/mol. The number of nitro groups is 1. The maximum absolute atomic E-state index is 12.4. The van der Waals surface area contributed by atoms with E-state index in [1.807, 2.05) is 47.8 Å². The minimum atomic E-state index is -0.576. The van der Waals surface area contributed by atoms with E-state index in [-0.39, 0.29) is 34.9 Å². The Balaban J connectivity index is 1.71. The van der Waals surface area contributed by atoms with Gasteiger partial charge in [-0.1, -0.05) is 48.0 Å². The number of amides is 1. The molecule has 0 unspecified atom stereocenters. The summed E-state index contributed by atoms with van der Waals surface area (Å²) in [6.07, 6.45) is 0. The summed E-state index contributed by atoms with van der Waals surface area (Å²) in [4.78, 5) is 24.0. The van der Waals surface area contributed by atoms with Crippen molar-refractivity contribution in [3.05, 3.63) is 91.6 Å². The fourth-order valence-corrected chi connectivity index (χ4v) is 3.63. The van der Waals surface area contributed by atoms with Crippen LogP contribution in [0.25, 0.3) is 0 Å². The Morgan fingerprint density at radius 2 is 1.93 bits per heavy atom. The Labute approximate surface area is 164 Å². The summed E-state index contributed by atoms with van der Waals surface area (Å²) < 4.78 is 0. The van der Waals surface area contributed by atoms with Crippen LogP contribution in [-0.4, -0.2) is 17.4 Å². The summed E-state index contributed by atoms with van der Waals surface area (Å²) in [5, 5.41) is 19.1. The highest BCUT2D eigenvalue weighted by atomic mass is 35.5. The Kier molecular flexibility index (Phi) is 6.18. The van der Waals surface area contributed by atoms with E-state index < -0.39 is 4.92 Å². The maximum atomic E-state index is 12.4. The number of nitro benzene ring substituents is 1. The standard InChI is InChI=1S/C19H16ClN3O3S/c20-14-8-9-15(16(11-14)23(25)26)22-18(24)12-21-19(17-7-4-10-27-17)13-5-2-1-3-6-13/h1-11,19,21H,12H2,(H,22,24)/t19-/m0/s1. The number of hydrogen-bond acceptors (Lipinski definition) is 5. The second kappa shape index (κ2) is 8.77. The zero-order valence-corrected chi connectivity index (χ0v) is 15.7. The zero-order valence-electron chi connectivity index (χ0n) is 14.1. The quantitative estimate of drug-likeness (QED) is 0.446. The Hall–Kier alpha value is -2.74. The lowest BCUT2D eigenvalue weighted by Gasteiger charge is -2.18. The van der Waals surface area contributed by atoms with E-state index in [0.29, 0.717) is 0 Å². The molecule has 0 saturated heterocycles. The highest BCUT2D eigenvalue weighted by molar-refractivity contribution is 7.10. The lowest BCUT2D eigenvalue weighted by Crippen LogP contribution is -2.31. The van der Waals surface area contributed by atoms with Crippen molar-refractivity contribution < 1.29 is 9.72 Å². The molecule has 0 saturated carbocycles. The molecule has 0 aliphatic rings. The molecule has 2 N–H and O–H groups in total. The van der Waals surface area contributed by atoms with Crippen LogP contribution in [0.2, 0.25) is 5.02 Å². The van der Waals surface area contributed by atoms with E-state index >= 15 is 0 Å². The molecule has 0 spiro atoms. The van der Waals surface area contributed by atoms with Crippen LogP contribution in [0, 0.1) is 10.1 Å². The fourth-order valence-electron chi connectivity index (χ4n) is 2.63. The average Bonchev–Trinajstić information content (AvgIpc) is 3.18. The van der Waals surface area contributed by atoms with Crippen LogP contribution in [0.4, 0.5) is 11.4 Å². The third-order valence-corrected chi connectivity index (χ3v) is 5.03. The van der Waals surface area contributed by atoms with Crippen LogP contribution in [0.3, 0.4) is 0 Å². The largest absolute Gasteiger partial charge is 0.319 e. The van der Waals surface area contributed by atoms with Crippen molar-refractivity contribution in [1.29, 1.82) is 0 Å². The summed E-state index contributed by atoms with van der Waals surface area (Å²) >= 11 is 7.39. The van der Waals surface area contributed by atoms with Crippen molar-refractivity contribution >= 4 is 40.2 Å². The van der Waals surface area contributed by atoms with Crippen LogP contribution in [0.1, 0.15) is 16.5 Å². The lowest BCUT2D eigenvalue weighted by molar-refractivity contribution is -0.383. The first-order valence-electron chi connectivity index (χ1n) is 8.10. The predicted octanol–water partition coefficient (Wildman–Crippen LogP) is 4.63. The molecule has 6 nitrogen and oxygen atoms in total. The second-order valence-electron chi connectivity index (χ2n) is 5.71. The molecule has 1 amide bonds.